The minimum atomic E-state index is -4.07. The van der Waals surface area contributed by atoms with Crippen molar-refractivity contribution in [1.29, 1.82) is 0 Å². The maximum Gasteiger partial charge on any atom is 0.272 e. The number of amides is 4. The lowest BCUT2D eigenvalue weighted by Crippen LogP contribution is -2.47. The summed E-state index contributed by atoms with van der Waals surface area (Å²) in [7, 11) is 3.81. The molecule has 2 N–H and O–H groups in total. The highest BCUT2D eigenvalue weighted by Crippen LogP contribution is 2.44. The SMILES string of the molecule is CNC(=O)CCCSSC(C)(C)CCCC(=O)Nc1cc(COc2cc3c(cc2C)C(=O)N2c4ccccc4C[C@H]2C(S(=O)(=O)OC)C3)cc(COc2cc3c(cc2OC)C(=O)N2c4ccccc4C[C@H]2CC3)c1. The molecule has 0 spiro atoms. The van der Waals surface area contributed by atoms with E-state index in [-0.39, 0.29) is 54.1 Å². The largest absolute Gasteiger partial charge is 0.493 e. The molecule has 390 valence electrons. The first kappa shape index (κ1) is 52.8. The molecule has 17 heteroatoms. The Kier molecular flexibility index (Phi) is 16.0. The minimum absolute atomic E-state index is 0.0405. The average Bonchev–Trinajstić information content (AvgIpc) is 3.89. The molecule has 4 aliphatic heterocycles. The number of aryl methyl sites for hydroxylation is 2. The van der Waals surface area contributed by atoms with E-state index in [1.54, 1.807) is 58.8 Å². The molecule has 5 aromatic rings. The lowest BCUT2D eigenvalue weighted by Gasteiger charge is -2.28. The van der Waals surface area contributed by atoms with Crippen molar-refractivity contribution in [2.24, 2.45) is 0 Å². The summed E-state index contributed by atoms with van der Waals surface area (Å²) < 4.78 is 51.1. The molecule has 4 aliphatic rings. The minimum Gasteiger partial charge on any atom is -0.493 e. The van der Waals surface area contributed by atoms with Crippen LogP contribution in [0.5, 0.6) is 17.2 Å². The summed E-state index contributed by atoms with van der Waals surface area (Å²) in [6, 6.07) is 27.9. The molecule has 9 rings (SSSR count). The third-order valence-electron chi connectivity index (χ3n) is 14.5. The van der Waals surface area contributed by atoms with Gasteiger partial charge in [-0.2, -0.15) is 8.42 Å². The number of ether oxygens (including phenoxy) is 3. The Balaban J connectivity index is 0.943. The van der Waals surface area contributed by atoms with Gasteiger partial charge in [0.2, 0.25) is 11.8 Å². The number of carbonyl (C=O) groups excluding carboxylic acids is 4. The van der Waals surface area contributed by atoms with Crippen LogP contribution in [-0.4, -0.2) is 81.1 Å². The number of nitrogens with zero attached hydrogens (tertiary/aromatic N) is 2. The topological polar surface area (TPSA) is 170 Å². The van der Waals surface area contributed by atoms with E-state index >= 15 is 0 Å². The molecule has 0 saturated heterocycles. The van der Waals surface area contributed by atoms with Gasteiger partial charge in [0, 0.05) is 64.6 Å². The van der Waals surface area contributed by atoms with Crippen LogP contribution in [0.25, 0.3) is 0 Å². The van der Waals surface area contributed by atoms with Crippen molar-refractivity contribution in [2.75, 3.05) is 42.1 Å². The lowest BCUT2D eigenvalue weighted by atomic mass is 9.97. The van der Waals surface area contributed by atoms with Crippen LogP contribution < -0.4 is 34.6 Å². The molecule has 4 heterocycles. The second-order valence-electron chi connectivity index (χ2n) is 20.1. The van der Waals surface area contributed by atoms with Crippen LogP contribution in [-0.2, 0) is 62.8 Å². The highest BCUT2D eigenvalue weighted by molar-refractivity contribution is 8.77. The van der Waals surface area contributed by atoms with Crippen LogP contribution in [0.3, 0.4) is 0 Å². The van der Waals surface area contributed by atoms with Crippen molar-refractivity contribution < 1.29 is 46.0 Å². The molecule has 74 heavy (non-hydrogen) atoms. The van der Waals surface area contributed by atoms with Gasteiger partial charge in [0.25, 0.3) is 21.9 Å². The number of benzene rings is 5. The number of hydrogen-bond acceptors (Lipinski definition) is 12. The molecule has 5 aromatic carbocycles. The number of hydrogen-bond donors (Lipinski definition) is 2. The summed E-state index contributed by atoms with van der Waals surface area (Å²) in [5.74, 6) is 1.85. The zero-order valence-corrected chi connectivity index (χ0v) is 45.2. The lowest BCUT2D eigenvalue weighted by molar-refractivity contribution is -0.120. The Bertz CT molecular complexity index is 3090. The van der Waals surface area contributed by atoms with Gasteiger partial charge in [-0.25, -0.2) is 0 Å². The van der Waals surface area contributed by atoms with Gasteiger partial charge in [-0.05, 0) is 166 Å². The highest BCUT2D eigenvalue weighted by Gasteiger charge is 2.48. The van der Waals surface area contributed by atoms with Crippen LogP contribution in [0.2, 0.25) is 0 Å². The molecule has 4 amide bonds. The molecule has 0 fully saturated rings. The fourth-order valence-electron chi connectivity index (χ4n) is 10.7. The van der Waals surface area contributed by atoms with Crippen molar-refractivity contribution in [3.8, 4) is 17.2 Å². The molecule has 0 aliphatic carbocycles. The number of para-hydroxylation sites is 2. The highest BCUT2D eigenvalue weighted by atomic mass is 33.1. The number of carbonyl (C=O) groups is 4. The van der Waals surface area contributed by atoms with Crippen molar-refractivity contribution >= 4 is 72.4 Å². The zero-order chi connectivity index (χ0) is 52.3. The van der Waals surface area contributed by atoms with Crippen LogP contribution in [0.4, 0.5) is 17.1 Å². The molecule has 3 atom stereocenters. The summed E-state index contributed by atoms with van der Waals surface area (Å²) >= 11 is 0. The fourth-order valence-corrected chi connectivity index (χ4v) is 14.6. The normalized spacial score (nSPS) is 17.7. The Hall–Kier alpha value is -6.01. The third-order valence-corrected chi connectivity index (χ3v) is 19.6. The van der Waals surface area contributed by atoms with Crippen LogP contribution in [0, 0.1) is 6.92 Å². The maximum atomic E-state index is 14.4. The summed E-state index contributed by atoms with van der Waals surface area (Å²) in [6.45, 7) is 6.37. The number of fused-ring (bicyclic) bond motifs is 8. The summed E-state index contributed by atoms with van der Waals surface area (Å²) in [5, 5.41) is 4.76. The van der Waals surface area contributed by atoms with Gasteiger partial charge in [0.05, 0.1) is 20.3 Å². The van der Waals surface area contributed by atoms with Gasteiger partial charge in [-0.3, -0.25) is 23.4 Å². The molecule has 0 bridgehead atoms. The van der Waals surface area contributed by atoms with Gasteiger partial charge in [0.15, 0.2) is 11.5 Å². The first-order chi connectivity index (χ1) is 35.6. The van der Waals surface area contributed by atoms with Crippen molar-refractivity contribution in [1.82, 2.24) is 5.32 Å². The predicted octanol–water partition coefficient (Wildman–Crippen LogP) is 9.95. The molecule has 14 nitrogen and oxygen atoms in total. The second-order valence-corrected chi connectivity index (χ2v) is 25.1. The van der Waals surface area contributed by atoms with Gasteiger partial charge in [-0.1, -0.05) is 58.0 Å². The Morgan fingerprint density at radius 1 is 0.730 bits per heavy atom. The average molecular weight is 1060 g/mol. The first-order valence-corrected chi connectivity index (χ1v) is 29.0. The summed E-state index contributed by atoms with van der Waals surface area (Å²) in [5.41, 5.74) is 8.92. The van der Waals surface area contributed by atoms with E-state index in [9.17, 15) is 27.6 Å². The van der Waals surface area contributed by atoms with E-state index < -0.39 is 21.4 Å². The Morgan fingerprint density at radius 2 is 1.36 bits per heavy atom. The molecule has 1 unspecified atom stereocenters. The molecule has 0 radical (unpaired) electrons. The summed E-state index contributed by atoms with van der Waals surface area (Å²) in [6.07, 6.45) is 5.85. The van der Waals surface area contributed by atoms with Crippen molar-refractivity contribution in [2.45, 2.75) is 120 Å². The van der Waals surface area contributed by atoms with Crippen molar-refractivity contribution in [3.63, 3.8) is 0 Å². The number of nitrogens with one attached hydrogen (secondary N) is 2. The molecular formula is C57H64N4O10S3. The Labute approximate surface area is 442 Å². The summed E-state index contributed by atoms with van der Waals surface area (Å²) in [4.78, 5) is 57.4. The number of methoxy groups -OCH3 is 1. The first-order valence-electron chi connectivity index (χ1n) is 25.2. The Morgan fingerprint density at radius 3 is 2.07 bits per heavy atom. The predicted molar refractivity (Wildman–Crippen MR) is 292 cm³/mol. The van der Waals surface area contributed by atoms with Crippen LogP contribution in [0.1, 0.15) is 112 Å². The maximum absolute atomic E-state index is 14.4. The number of rotatable bonds is 20. The van der Waals surface area contributed by atoms with E-state index in [1.807, 2.05) is 78.6 Å². The second kappa shape index (κ2) is 22.5. The van der Waals surface area contributed by atoms with Crippen LogP contribution in [0.15, 0.2) is 91.0 Å². The zero-order valence-electron chi connectivity index (χ0n) is 42.8. The van der Waals surface area contributed by atoms with Gasteiger partial charge in [-0.15, -0.1) is 0 Å². The van der Waals surface area contributed by atoms with E-state index in [4.69, 9.17) is 18.4 Å². The van der Waals surface area contributed by atoms with Gasteiger partial charge in [0.1, 0.15) is 24.2 Å². The van der Waals surface area contributed by atoms with E-state index in [0.29, 0.717) is 83.0 Å². The molecular weight excluding hydrogens is 997 g/mol. The fraction of sp³-hybridized carbons (Fsp3) is 0.404. The van der Waals surface area contributed by atoms with Gasteiger partial charge >= 0.3 is 0 Å². The standard InChI is InChI=1S/C57H64N4O10S3/c1-35-23-44-41(31-52(74(66,67)69-6)48-28-40-14-8-10-16-47(40)61(48)56(44)65)30-49(35)70-33-36-24-37(26-42(25-36)59-54(63)17-11-21-57(2,3)73-72-22-12-18-53(62)58-4)34-71-51-29-38-19-20-43-27-39-13-7-9-15-46(39)60(43)55(64)45(38)32-50(51)68-5/h7-10,13-16,23-26,29-30,32,43,48,52H,11-12,17-22,27-28,31,33-34H2,1-6H3,(H,58,62)(H,59,63)/t43-,48+,52?/m1/s1. The van der Waals surface area contributed by atoms with Crippen molar-refractivity contribution in [3.05, 3.63) is 141 Å². The quantitative estimate of drug-likeness (QED) is 0.0431. The number of anilines is 3. The van der Waals surface area contributed by atoms with Gasteiger partial charge < -0.3 is 34.6 Å². The molecule has 0 saturated carbocycles. The third kappa shape index (κ3) is 11.5. The smallest absolute Gasteiger partial charge is 0.272 e. The van der Waals surface area contributed by atoms with E-state index in [0.717, 1.165) is 66.5 Å². The van der Waals surface area contributed by atoms with E-state index in [2.05, 4.69) is 30.5 Å². The van der Waals surface area contributed by atoms with Crippen LogP contribution >= 0.6 is 21.6 Å². The monoisotopic (exact) mass is 1060 g/mol. The van der Waals surface area contributed by atoms with E-state index in [1.165, 1.54) is 5.56 Å². The molecule has 0 aromatic heterocycles.